The first-order chi connectivity index (χ1) is 14.2. The van der Waals surface area contributed by atoms with Crippen molar-refractivity contribution in [3.63, 3.8) is 0 Å². The molecule has 0 atom stereocenters. The smallest absolute Gasteiger partial charge is 0.247 e. The summed E-state index contributed by atoms with van der Waals surface area (Å²) in [6, 6.07) is 20.5. The van der Waals surface area contributed by atoms with E-state index in [0.29, 0.717) is 0 Å². The number of aromatic nitrogens is 3. The van der Waals surface area contributed by atoms with Crippen LogP contribution in [0, 0.1) is 0 Å². The zero-order chi connectivity index (χ0) is 19.7. The molecule has 5 heteroatoms. The number of benzene rings is 1. The third-order valence-corrected chi connectivity index (χ3v) is 6.15. The molecule has 5 nitrogen and oxygen atoms in total. The lowest BCUT2D eigenvalue weighted by Crippen LogP contribution is -2.43. The van der Waals surface area contributed by atoms with Crippen LogP contribution in [0.1, 0.15) is 29.7 Å². The summed E-state index contributed by atoms with van der Waals surface area (Å²) >= 11 is 0. The Morgan fingerprint density at radius 1 is 0.966 bits per heavy atom. The van der Waals surface area contributed by atoms with Crippen molar-refractivity contribution in [1.82, 2.24) is 19.3 Å². The number of fused-ring (bicyclic) bond motifs is 1. The van der Waals surface area contributed by atoms with Crippen molar-refractivity contribution in [1.29, 1.82) is 0 Å². The van der Waals surface area contributed by atoms with Crippen molar-refractivity contribution >= 4 is 5.65 Å². The minimum Gasteiger partial charge on any atom is -0.329 e. The van der Waals surface area contributed by atoms with Gasteiger partial charge in [0.25, 0.3) is 0 Å². The van der Waals surface area contributed by atoms with Gasteiger partial charge in [-0.3, -0.25) is 9.69 Å². The second-order valence-corrected chi connectivity index (χ2v) is 7.88. The topological polar surface area (TPSA) is 53.4 Å². The first kappa shape index (κ1) is 17.9. The van der Waals surface area contributed by atoms with Crippen molar-refractivity contribution in [3.05, 3.63) is 106 Å². The maximum atomic E-state index is 11.3. The van der Waals surface area contributed by atoms with Crippen LogP contribution in [-0.2, 0) is 12.0 Å². The molecular weight excluding hydrogens is 360 g/mol. The summed E-state index contributed by atoms with van der Waals surface area (Å²) < 4.78 is 2.12. The molecular formula is C24H24N4O. The van der Waals surface area contributed by atoms with Gasteiger partial charge in [0, 0.05) is 36.6 Å². The predicted molar refractivity (Wildman–Crippen MR) is 114 cm³/mol. The van der Waals surface area contributed by atoms with Gasteiger partial charge in [-0.15, -0.1) is 0 Å². The fourth-order valence-electron chi connectivity index (χ4n) is 4.51. The number of imidazole rings is 1. The van der Waals surface area contributed by atoms with Crippen LogP contribution in [0.25, 0.3) is 5.65 Å². The molecule has 29 heavy (non-hydrogen) atoms. The van der Waals surface area contributed by atoms with E-state index in [4.69, 9.17) is 4.98 Å². The minimum atomic E-state index is -0.0746. The second-order valence-electron chi connectivity index (χ2n) is 7.88. The largest absolute Gasteiger partial charge is 0.329 e. The van der Waals surface area contributed by atoms with Gasteiger partial charge in [0.15, 0.2) is 0 Å². The zero-order valence-corrected chi connectivity index (χ0v) is 16.3. The fourth-order valence-corrected chi connectivity index (χ4v) is 4.51. The molecule has 1 aliphatic heterocycles. The summed E-state index contributed by atoms with van der Waals surface area (Å²) in [5.41, 5.74) is 4.50. The Morgan fingerprint density at radius 2 is 1.76 bits per heavy atom. The molecule has 1 aromatic carbocycles. The molecule has 3 aromatic heterocycles. The molecule has 0 saturated carbocycles. The maximum Gasteiger partial charge on any atom is 0.247 e. The molecule has 4 heterocycles. The summed E-state index contributed by atoms with van der Waals surface area (Å²) in [4.78, 5) is 21.6. The van der Waals surface area contributed by atoms with Crippen molar-refractivity contribution in [2.75, 3.05) is 13.1 Å². The highest BCUT2D eigenvalue weighted by molar-refractivity contribution is 5.45. The van der Waals surface area contributed by atoms with Gasteiger partial charge >= 0.3 is 0 Å². The van der Waals surface area contributed by atoms with E-state index >= 15 is 0 Å². The Labute approximate surface area is 169 Å². The summed E-state index contributed by atoms with van der Waals surface area (Å²) in [7, 11) is 0. The van der Waals surface area contributed by atoms with E-state index in [1.54, 1.807) is 6.07 Å². The SMILES string of the molecule is O=c1ccc(CN2CCC(c3ccccc3)(c3cn4ccccc4n3)CC2)c[nH]1. The van der Waals surface area contributed by atoms with Gasteiger partial charge < -0.3 is 9.38 Å². The van der Waals surface area contributed by atoms with E-state index in [-0.39, 0.29) is 11.0 Å². The van der Waals surface area contributed by atoms with Crippen LogP contribution >= 0.6 is 0 Å². The molecule has 0 spiro atoms. The lowest BCUT2D eigenvalue weighted by Gasteiger charge is -2.41. The molecule has 4 aromatic rings. The lowest BCUT2D eigenvalue weighted by atomic mass is 9.70. The molecule has 1 saturated heterocycles. The molecule has 1 fully saturated rings. The number of rotatable bonds is 4. The number of aromatic amines is 1. The van der Waals surface area contributed by atoms with Crippen LogP contribution in [-0.4, -0.2) is 32.4 Å². The fraction of sp³-hybridized carbons (Fsp3) is 0.250. The standard InChI is InChI=1S/C24H24N4O/c29-23-10-9-19(16-25-23)17-27-14-11-24(12-15-27,20-6-2-1-3-7-20)21-18-28-13-5-4-8-22(28)26-21/h1-10,13,16,18H,11-12,14-15,17H2,(H,25,29). The van der Waals surface area contributed by atoms with Gasteiger partial charge in [0.05, 0.1) is 5.69 Å². The van der Waals surface area contributed by atoms with Gasteiger partial charge in [-0.05, 0) is 49.2 Å². The average molecular weight is 384 g/mol. The third kappa shape index (κ3) is 3.38. The monoisotopic (exact) mass is 384 g/mol. The van der Waals surface area contributed by atoms with Gasteiger partial charge in [0.2, 0.25) is 5.56 Å². The van der Waals surface area contributed by atoms with Crippen molar-refractivity contribution in [3.8, 4) is 0 Å². The molecule has 1 aliphatic rings. The number of hydrogen-bond donors (Lipinski definition) is 1. The molecule has 0 aliphatic carbocycles. The van der Waals surface area contributed by atoms with E-state index in [1.807, 2.05) is 24.4 Å². The van der Waals surface area contributed by atoms with Crippen LogP contribution < -0.4 is 5.56 Å². The highest BCUT2D eigenvalue weighted by atomic mass is 16.1. The molecule has 146 valence electrons. The normalized spacial score (nSPS) is 16.8. The van der Waals surface area contributed by atoms with E-state index in [0.717, 1.165) is 49.4 Å². The van der Waals surface area contributed by atoms with Gasteiger partial charge in [-0.25, -0.2) is 4.98 Å². The van der Waals surface area contributed by atoms with Gasteiger partial charge in [-0.2, -0.15) is 0 Å². The van der Waals surface area contributed by atoms with Crippen LogP contribution in [0.2, 0.25) is 0 Å². The lowest BCUT2D eigenvalue weighted by molar-refractivity contribution is 0.170. The summed E-state index contributed by atoms with van der Waals surface area (Å²) in [5, 5.41) is 0. The Hall–Kier alpha value is -3.18. The Balaban J connectivity index is 1.45. The van der Waals surface area contributed by atoms with Gasteiger partial charge in [-0.1, -0.05) is 42.5 Å². The zero-order valence-electron chi connectivity index (χ0n) is 16.3. The first-order valence-corrected chi connectivity index (χ1v) is 10.1. The van der Waals surface area contributed by atoms with Crippen molar-refractivity contribution in [2.45, 2.75) is 24.8 Å². The average Bonchev–Trinajstić information content (AvgIpc) is 3.21. The highest BCUT2D eigenvalue weighted by Gasteiger charge is 2.39. The second kappa shape index (κ2) is 7.33. The Morgan fingerprint density at radius 3 is 2.48 bits per heavy atom. The number of hydrogen-bond acceptors (Lipinski definition) is 3. The predicted octanol–water partition coefficient (Wildman–Crippen LogP) is 3.60. The highest BCUT2D eigenvalue weighted by Crippen LogP contribution is 2.41. The molecule has 5 rings (SSSR count). The number of H-pyrrole nitrogens is 1. The molecule has 0 bridgehead atoms. The van der Waals surface area contributed by atoms with E-state index in [1.165, 1.54) is 5.56 Å². The summed E-state index contributed by atoms with van der Waals surface area (Å²) in [5.74, 6) is 0. The molecule has 0 radical (unpaired) electrons. The molecule has 1 N–H and O–H groups in total. The molecule has 0 amide bonds. The number of piperidine rings is 1. The number of nitrogens with zero attached hydrogens (tertiary/aromatic N) is 3. The molecule has 0 unspecified atom stereocenters. The van der Waals surface area contributed by atoms with Crippen LogP contribution in [0.3, 0.4) is 0 Å². The Kier molecular flexibility index (Phi) is 4.52. The first-order valence-electron chi connectivity index (χ1n) is 10.1. The van der Waals surface area contributed by atoms with Crippen molar-refractivity contribution in [2.24, 2.45) is 0 Å². The summed E-state index contributed by atoms with van der Waals surface area (Å²) in [6.07, 6.45) is 8.12. The summed E-state index contributed by atoms with van der Waals surface area (Å²) in [6.45, 7) is 2.83. The van der Waals surface area contributed by atoms with Crippen LogP contribution in [0.15, 0.2) is 84.0 Å². The van der Waals surface area contributed by atoms with E-state index in [9.17, 15) is 4.79 Å². The minimum absolute atomic E-state index is 0.0534. The van der Waals surface area contributed by atoms with E-state index in [2.05, 4.69) is 63.1 Å². The third-order valence-electron chi connectivity index (χ3n) is 6.15. The van der Waals surface area contributed by atoms with E-state index < -0.39 is 0 Å². The quantitative estimate of drug-likeness (QED) is 0.585. The number of pyridine rings is 2. The Bertz CT molecular complexity index is 1120. The van der Waals surface area contributed by atoms with Crippen molar-refractivity contribution < 1.29 is 0 Å². The van der Waals surface area contributed by atoms with Crippen LogP contribution in [0.5, 0.6) is 0 Å². The van der Waals surface area contributed by atoms with Crippen LogP contribution in [0.4, 0.5) is 0 Å². The number of nitrogens with one attached hydrogen (secondary N) is 1. The van der Waals surface area contributed by atoms with Gasteiger partial charge in [0.1, 0.15) is 5.65 Å². The maximum absolute atomic E-state index is 11.3. The number of likely N-dealkylation sites (tertiary alicyclic amines) is 1.